The van der Waals surface area contributed by atoms with Crippen LogP contribution in [0.1, 0.15) is 18.4 Å². The smallest absolute Gasteiger partial charge is 0.369 e. The molecule has 130 valence electrons. The van der Waals surface area contributed by atoms with Crippen LogP contribution in [0.4, 0.5) is 13.2 Å². The SMILES string of the molecule is NC(=O)[C@@H]1CN(C(=O)C2(Cc3ccccc3)CC2)C[C@H]1C(F)(F)F. The third-order valence-electron chi connectivity index (χ3n) is 5.09. The normalized spacial score (nSPS) is 25.5. The van der Waals surface area contributed by atoms with Crippen LogP contribution in [-0.4, -0.2) is 36.0 Å². The molecule has 2 amide bonds. The van der Waals surface area contributed by atoms with Gasteiger partial charge in [-0.15, -0.1) is 0 Å². The summed E-state index contributed by atoms with van der Waals surface area (Å²) in [5.74, 6) is -4.52. The molecule has 0 aromatic heterocycles. The van der Waals surface area contributed by atoms with E-state index in [1.165, 1.54) is 4.90 Å². The fourth-order valence-corrected chi connectivity index (χ4v) is 3.53. The average Bonchev–Trinajstić information content (AvgIpc) is 3.13. The monoisotopic (exact) mass is 340 g/mol. The lowest BCUT2D eigenvalue weighted by molar-refractivity contribution is -0.183. The summed E-state index contributed by atoms with van der Waals surface area (Å²) < 4.78 is 39.4. The molecule has 2 atom stereocenters. The number of alkyl halides is 3. The van der Waals surface area contributed by atoms with E-state index in [0.717, 1.165) is 5.56 Å². The Bertz CT molecular complexity index is 641. The molecule has 24 heavy (non-hydrogen) atoms. The van der Waals surface area contributed by atoms with Crippen LogP contribution in [-0.2, 0) is 16.0 Å². The van der Waals surface area contributed by atoms with E-state index in [0.29, 0.717) is 19.3 Å². The number of halogens is 3. The van der Waals surface area contributed by atoms with Crippen molar-refractivity contribution in [1.29, 1.82) is 0 Å². The molecule has 1 aromatic rings. The van der Waals surface area contributed by atoms with Crippen molar-refractivity contribution in [3.8, 4) is 0 Å². The van der Waals surface area contributed by atoms with Crippen molar-refractivity contribution < 1.29 is 22.8 Å². The van der Waals surface area contributed by atoms with Gasteiger partial charge in [-0.1, -0.05) is 30.3 Å². The first-order chi connectivity index (χ1) is 11.2. The first kappa shape index (κ1) is 16.8. The van der Waals surface area contributed by atoms with Crippen LogP contribution in [0.25, 0.3) is 0 Å². The van der Waals surface area contributed by atoms with Crippen LogP contribution in [0.2, 0.25) is 0 Å². The fraction of sp³-hybridized carbons (Fsp3) is 0.529. The lowest BCUT2D eigenvalue weighted by atomic mass is 9.95. The van der Waals surface area contributed by atoms with E-state index in [9.17, 15) is 22.8 Å². The number of carbonyl (C=O) groups excluding carboxylic acids is 2. The second-order valence-corrected chi connectivity index (χ2v) is 6.81. The Morgan fingerprint density at radius 3 is 2.25 bits per heavy atom. The summed E-state index contributed by atoms with van der Waals surface area (Å²) in [6, 6.07) is 9.42. The van der Waals surface area contributed by atoms with Crippen molar-refractivity contribution in [2.75, 3.05) is 13.1 Å². The zero-order valence-corrected chi connectivity index (χ0v) is 13.1. The summed E-state index contributed by atoms with van der Waals surface area (Å²) in [4.78, 5) is 25.3. The van der Waals surface area contributed by atoms with Crippen LogP contribution in [0.3, 0.4) is 0 Å². The first-order valence-corrected chi connectivity index (χ1v) is 7.92. The zero-order chi connectivity index (χ0) is 17.5. The molecule has 1 heterocycles. The van der Waals surface area contributed by atoms with Crippen LogP contribution in [0, 0.1) is 17.3 Å². The molecule has 2 fully saturated rings. The van der Waals surface area contributed by atoms with E-state index < -0.39 is 35.9 Å². The number of hydrogen-bond acceptors (Lipinski definition) is 2. The summed E-state index contributed by atoms with van der Waals surface area (Å²) in [6.07, 6.45) is -2.70. The largest absolute Gasteiger partial charge is 0.394 e. The number of benzene rings is 1. The van der Waals surface area contributed by atoms with Gasteiger partial charge in [0, 0.05) is 13.1 Å². The molecule has 4 nitrogen and oxygen atoms in total. The summed E-state index contributed by atoms with van der Waals surface area (Å²) in [5.41, 5.74) is 5.48. The average molecular weight is 340 g/mol. The Kier molecular flexibility index (Phi) is 4.05. The summed E-state index contributed by atoms with van der Waals surface area (Å²) in [6.45, 7) is -0.721. The second-order valence-electron chi connectivity index (χ2n) is 6.81. The topological polar surface area (TPSA) is 63.4 Å². The van der Waals surface area contributed by atoms with Crippen molar-refractivity contribution >= 4 is 11.8 Å². The van der Waals surface area contributed by atoms with Crippen molar-refractivity contribution in [2.24, 2.45) is 23.0 Å². The maximum absolute atomic E-state index is 13.1. The van der Waals surface area contributed by atoms with E-state index in [2.05, 4.69) is 0 Å². The van der Waals surface area contributed by atoms with Crippen molar-refractivity contribution in [3.05, 3.63) is 35.9 Å². The fourth-order valence-electron chi connectivity index (χ4n) is 3.53. The highest BCUT2D eigenvalue weighted by atomic mass is 19.4. The lowest BCUT2D eigenvalue weighted by Crippen LogP contribution is -2.38. The number of likely N-dealkylation sites (tertiary alicyclic amines) is 1. The minimum absolute atomic E-state index is 0.241. The molecule has 1 saturated heterocycles. The van der Waals surface area contributed by atoms with Crippen LogP contribution < -0.4 is 5.73 Å². The third-order valence-corrected chi connectivity index (χ3v) is 5.09. The third kappa shape index (κ3) is 3.12. The van der Waals surface area contributed by atoms with Crippen LogP contribution in [0.5, 0.6) is 0 Å². The molecule has 0 unspecified atom stereocenters. The minimum atomic E-state index is -4.54. The maximum Gasteiger partial charge on any atom is 0.394 e. The molecule has 2 N–H and O–H groups in total. The molecule has 7 heteroatoms. The highest BCUT2D eigenvalue weighted by molar-refractivity contribution is 5.87. The lowest BCUT2D eigenvalue weighted by Gasteiger charge is -2.23. The Labute approximate surface area is 137 Å². The highest BCUT2D eigenvalue weighted by Gasteiger charge is 2.57. The number of primary amides is 1. The van der Waals surface area contributed by atoms with E-state index in [4.69, 9.17) is 5.73 Å². The molecule has 1 aliphatic heterocycles. The van der Waals surface area contributed by atoms with Crippen molar-refractivity contribution in [3.63, 3.8) is 0 Å². The Morgan fingerprint density at radius 2 is 1.79 bits per heavy atom. The van der Waals surface area contributed by atoms with Crippen molar-refractivity contribution in [2.45, 2.75) is 25.4 Å². The minimum Gasteiger partial charge on any atom is -0.369 e. The van der Waals surface area contributed by atoms with Gasteiger partial charge in [-0.2, -0.15) is 13.2 Å². The Hall–Kier alpha value is -2.05. The second kappa shape index (κ2) is 5.79. The molecular weight excluding hydrogens is 321 g/mol. The van der Waals surface area contributed by atoms with Gasteiger partial charge >= 0.3 is 6.18 Å². The first-order valence-electron chi connectivity index (χ1n) is 7.92. The predicted octanol–water partition coefficient (Wildman–Crippen LogP) is 2.13. The molecule has 3 rings (SSSR count). The number of rotatable bonds is 4. The molecule has 0 radical (unpaired) electrons. The molecule has 1 aliphatic carbocycles. The zero-order valence-electron chi connectivity index (χ0n) is 13.1. The molecule has 0 bridgehead atoms. The Balaban J connectivity index is 1.75. The molecular formula is C17H19F3N2O2. The number of carbonyl (C=O) groups is 2. The quantitative estimate of drug-likeness (QED) is 0.913. The van der Waals surface area contributed by atoms with E-state index in [1.54, 1.807) is 0 Å². The number of hydrogen-bond donors (Lipinski definition) is 1. The maximum atomic E-state index is 13.1. The molecule has 1 aromatic carbocycles. The van der Waals surface area contributed by atoms with Gasteiger partial charge in [0.15, 0.2) is 0 Å². The van der Waals surface area contributed by atoms with Crippen LogP contribution >= 0.6 is 0 Å². The van der Waals surface area contributed by atoms with Gasteiger partial charge in [0.05, 0.1) is 17.3 Å². The molecule has 1 saturated carbocycles. The number of amides is 2. The molecule has 0 spiro atoms. The van der Waals surface area contributed by atoms with E-state index >= 15 is 0 Å². The van der Waals surface area contributed by atoms with Gasteiger partial charge in [0.25, 0.3) is 0 Å². The van der Waals surface area contributed by atoms with Gasteiger partial charge < -0.3 is 10.6 Å². The van der Waals surface area contributed by atoms with Gasteiger partial charge in [0.2, 0.25) is 11.8 Å². The predicted molar refractivity (Wildman–Crippen MR) is 80.6 cm³/mol. The van der Waals surface area contributed by atoms with Gasteiger partial charge in [0.1, 0.15) is 0 Å². The van der Waals surface area contributed by atoms with Crippen LogP contribution in [0.15, 0.2) is 30.3 Å². The number of nitrogens with two attached hydrogens (primary N) is 1. The van der Waals surface area contributed by atoms with Gasteiger partial charge in [-0.05, 0) is 24.8 Å². The summed E-state index contributed by atoms with van der Waals surface area (Å²) in [5, 5.41) is 0. The highest BCUT2D eigenvalue weighted by Crippen LogP contribution is 2.51. The van der Waals surface area contributed by atoms with E-state index in [1.807, 2.05) is 30.3 Å². The summed E-state index contributed by atoms with van der Waals surface area (Å²) in [7, 11) is 0. The van der Waals surface area contributed by atoms with Gasteiger partial charge in [-0.25, -0.2) is 0 Å². The number of nitrogens with zero attached hydrogens (tertiary/aromatic N) is 1. The standard InChI is InChI=1S/C17H19F3N2O2/c18-17(19,20)13-10-22(9-12(13)14(21)23)15(24)16(6-7-16)8-11-4-2-1-3-5-11/h1-5,12-13H,6-10H2,(H2,21,23)/t12-,13-/m1/s1. The molecule has 2 aliphatic rings. The van der Waals surface area contributed by atoms with Gasteiger partial charge in [-0.3, -0.25) is 9.59 Å². The van der Waals surface area contributed by atoms with Crippen molar-refractivity contribution in [1.82, 2.24) is 4.90 Å². The Morgan fingerprint density at radius 1 is 1.17 bits per heavy atom. The van der Waals surface area contributed by atoms with E-state index in [-0.39, 0.29) is 12.5 Å². The summed E-state index contributed by atoms with van der Waals surface area (Å²) >= 11 is 0.